The fourth-order valence-electron chi connectivity index (χ4n) is 3.72. The van der Waals surface area contributed by atoms with E-state index in [1.54, 1.807) is 18.2 Å². The third-order valence-corrected chi connectivity index (χ3v) is 5.97. The highest BCUT2D eigenvalue weighted by Crippen LogP contribution is 2.33. The fraction of sp³-hybridized carbons (Fsp3) is 0.130. The van der Waals surface area contributed by atoms with Crippen molar-refractivity contribution in [1.82, 2.24) is 19.5 Å². The van der Waals surface area contributed by atoms with Crippen LogP contribution in [0.5, 0.6) is 0 Å². The largest absolute Gasteiger partial charge is 0.358 e. The summed E-state index contributed by atoms with van der Waals surface area (Å²) in [6.07, 6.45) is 1.64. The van der Waals surface area contributed by atoms with Gasteiger partial charge in [0.05, 0.1) is 22.9 Å². The maximum absolute atomic E-state index is 12.6. The second-order valence-electron chi connectivity index (χ2n) is 7.27. The number of anilines is 1. The summed E-state index contributed by atoms with van der Waals surface area (Å²) in [4.78, 5) is 37.3. The van der Waals surface area contributed by atoms with Crippen molar-refractivity contribution in [2.24, 2.45) is 0 Å². The van der Waals surface area contributed by atoms with E-state index in [1.807, 2.05) is 36.6 Å². The Bertz CT molecular complexity index is 1480. The molecule has 7 nitrogen and oxygen atoms in total. The Balaban J connectivity index is 1.30. The molecule has 31 heavy (non-hydrogen) atoms. The minimum atomic E-state index is -0.198. The SMILES string of the molecule is Cc1[nH]c2ccccc2c1-c1csc(NC(=O)CCn2cnc3ccccc3c2=O)n1. The zero-order valence-corrected chi connectivity index (χ0v) is 17.6. The Morgan fingerprint density at radius 1 is 1.13 bits per heavy atom. The highest BCUT2D eigenvalue weighted by Gasteiger charge is 2.15. The fourth-order valence-corrected chi connectivity index (χ4v) is 4.44. The zero-order valence-electron chi connectivity index (χ0n) is 16.8. The molecule has 2 aromatic carbocycles. The van der Waals surface area contributed by atoms with Gasteiger partial charge < -0.3 is 10.3 Å². The van der Waals surface area contributed by atoms with Crippen LogP contribution < -0.4 is 10.9 Å². The average molecular weight is 430 g/mol. The number of nitrogens with zero attached hydrogens (tertiary/aromatic N) is 3. The number of para-hydroxylation sites is 2. The number of H-pyrrole nitrogens is 1. The normalized spacial score (nSPS) is 11.3. The van der Waals surface area contributed by atoms with E-state index in [0.29, 0.717) is 16.0 Å². The monoisotopic (exact) mass is 429 g/mol. The molecule has 3 aromatic heterocycles. The number of carbonyl (C=O) groups excluding carboxylic acids is 1. The standard InChI is InChI=1S/C23H19N5O2S/c1-14-21(15-6-2-5-9-18(15)25-14)19-12-31-23(26-19)27-20(29)10-11-28-13-24-17-8-4-3-7-16(17)22(28)30/h2-9,12-13,25H,10-11H2,1H3,(H,26,27,29). The van der Waals surface area contributed by atoms with Crippen LogP contribution in [0.3, 0.4) is 0 Å². The lowest BCUT2D eigenvalue weighted by Gasteiger charge is -2.06. The van der Waals surface area contributed by atoms with Gasteiger partial charge in [-0.25, -0.2) is 9.97 Å². The summed E-state index contributed by atoms with van der Waals surface area (Å²) in [5.74, 6) is -0.198. The molecule has 0 saturated heterocycles. The molecule has 5 aromatic rings. The summed E-state index contributed by atoms with van der Waals surface area (Å²) < 4.78 is 1.46. The average Bonchev–Trinajstić information content (AvgIpc) is 3.36. The van der Waals surface area contributed by atoms with Crippen molar-refractivity contribution in [3.8, 4) is 11.3 Å². The van der Waals surface area contributed by atoms with Gasteiger partial charge in [0.15, 0.2) is 5.13 Å². The van der Waals surface area contributed by atoms with Crippen LogP contribution in [0.2, 0.25) is 0 Å². The van der Waals surface area contributed by atoms with Crippen LogP contribution in [0.15, 0.2) is 65.0 Å². The molecule has 1 amide bonds. The number of aromatic amines is 1. The van der Waals surface area contributed by atoms with Crippen molar-refractivity contribution in [1.29, 1.82) is 0 Å². The van der Waals surface area contributed by atoms with E-state index in [0.717, 1.165) is 27.9 Å². The molecule has 8 heteroatoms. The van der Waals surface area contributed by atoms with Crippen LogP contribution in [-0.4, -0.2) is 25.4 Å². The topological polar surface area (TPSA) is 92.7 Å². The molecule has 0 unspecified atom stereocenters. The van der Waals surface area contributed by atoms with Crippen LogP contribution >= 0.6 is 11.3 Å². The summed E-state index contributed by atoms with van der Waals surface area (Å²) in [6, 6.07) is 15.3. The third kappa shape index (κ3) is 3.62. The van der Waals surface area contributed by atoms with Crippen LogP contribution in [0.25, 0.3) is 33.1 Å². The Morgan fingerprint density at radius 3 is 2.77 bits per heavy atom. The molecule has 3 heterocycles. The Kier molecular flexibility index (Phi) is 4.83. The number of carbonyl (C=O) groups is 1. The molecule has 0 fully saturated rings. The van der Waals surface area contributed by atoms with E-state index in [9.17, 15) is 9.59 Å². The third-order valence-electron chi connectivity index (χ3n) is 5.21. The lowest BCUT2D eigenvalue weighted by Crippen LogP contribution is -2.23. The highest BCUT2D eigenvalue weighted by atomic mass is 32.1. The van der Waals surface area contributed by atoms with Gasteiger partial charge in [0.2, 0.25) is 5.91 Å². The number of nitrogens with one attached hydrogen (secondary N) is 2. The quantitative estimate of drug-likeness (QED) is 0.435. The van der Waals surface area contributed by atoms with Crippen molar-refractivity contribution in [2.75, 3.05) is 5.32 Å². The van der Waals surface area contributed by atoms with Gasteiger partial charge in [-0.05, 0) is 25.1 Å². The molecule has 0 aliphatic carbocycles. The second kappa shape index (κ2) is 7.81. The van der Waals surface area contributed by atoms with Gasteiger partial charge in [-0.15, -0.1) is 11.3 Å². The van der Waals surface area contributed by atoms with Crippen LogP contribution in [0.1, 0.15) is 12.1 Å². The van der Waals surface area contributed by atoms with Crippen molar-refractivity contribution >= 4 is 44.2 Å². The predicted molar refractivity (Wildman–Crippen MR) is 123 cm³/mol. The van der Waals surface area contributed by atoms with E-state index >= 15 is 0 Å². The number of hydrogen-bond donors (Lipinski definition) is 2. The zero-order chi connectivity index (χ0) is 21.4. The smallest absolute Gasteiger partial charge is 0.261 e. The Labute approximate surface area is 181 Å². The maximum Gasteiger partial charge on any atom is 0.261 e. The first-order chi connectivity index (χ1) is 15.1. The molecule has 0 atom stereocenters. The summed E-state index contributed by atoms with van der Waals surface area (Å²) in [6.45, 7) is 2.27. The van der Waals surface area contributed by atoms with Crippen molar-refractivity contribution < 1.29 is 4.79 Å². The van der Waals surface area contributed by atoms with Gasteiger partial charge in [-0.3, -0.25) is 14.2 Å². The molecular formula is C23H19N5O2S. The molecule has 0 aliphatic heterocycles. The molecule has 154 valence electrons. The summed E-state index contributed by atoms with van der Waals surface area (Å²) in [7, 11) is 0. The number of benzene rings is 2. The van der Waals surface area contributed by atoms with Crippen molar-refractivity contribution in [3.63, 3.8) is 0 Å². The number of aryl methyl sites for hydroxylation is 2. The molecule has 0 bridgehead atoms. The molecule has 5 rings (SSSR count). The molecule has 0 spiro atoms. The summed E-state index contributed by atoms with van der Waals surface area (Å²) in [5.41, 5.74) is 4.46. The van der Waals surface area contributed by atoms with Crippen LogP contribution in [-0.2, 0) is 11.3 Å². The van der Waals surface area contributed by atoms with Gasteiger partial charge in [0, 0.05) is 40.5 Å². The molecule has 2 N–H and O–H groups in total. The van der Waals surface area contributed by atoms with E-state index in [2.05, 4.69) is 26.3 Å². The number of fused-ring (bicyclic) bond motifs is 2. The highest BCUT2D eigenvalue weighted by molar-refractivity contribution is 7.14. The summed E-state index contributed by atoms with van der Waals surface area (Å²) >= 11 is 1.38. The van der Waals surface area contributed by atoms with Gasteiger partial charge in [-0.1, -0.05) is 30.3 Å². The van der Waals surface area contributed by atoms with E-state index in [1.165, 1.54) is 22.2 Å². The van der Waals surface area contributed by atoms with E-state index in [4.69, 9.17) is 0 Å². The molecular weight excluding hydrogens is 410 g/mol. The number of hydrogen-bond acceptors (Lipinski definition) is 5. The Hall–Kier alpha value is -3.78. The minimum absolute atomic E-state index is 0.148. The van der Waals surface area contributed by atoms with Crippen LogP contribution in [0.4, 0.5) is 5.13 Å². The van der Waals surface area contributed by atoms with E-state index in [-0.39, 0.29) is 24.4 Å². The van der Waals surface area contributed by atoms with Crippen molar-refractivity contribution in [2.45, 2.75) is 19.9 Å². The van der Waals surface area contributed by atoms with Crippen molar-refractivity contribution in [3.05, 3.63) is 76.3 Å². The first kappa shape index (κ1) is 19.2. The minimum Gasteiger partial charge on any atom is -0.358 e. The molecule has 0 radical (unpaired) electrons. The Morgan fingerprint density at radius 2 is 1.90 bits per heavy atom. The van der Waals surface area contributed by atoms with E-state index < -0.39 is 0 Å². The molecule has 0 aliphatic rings. The number of amides is 1. The van der Waals surface area contributed by atoms with Gasteiger partial charge in [-0.2, -0.15) is 0 Å². The first-order valence-electron chi connectivity index (χ1n) is 9.87. The molecule has 0 saturated carbocycles. The maximum atomic E-state index is 12.6. The van der Waals surface area contributed by atoms with Gasteiger partial charge >= 0.3 is 0 Å². The first-order valence-corrected chi connectivity index (χ1v) is 10.8. The van der Waals surface area contributed by atoms with Gasteiger partial charge in [0.25, 0.3) is 5.56 Å². The lowest BCUT2D eigenvalue weighted by molar-refractivity contribution is -0.116. The predicted octanol–water partition coefficient (Wildman–Crippen LogP) is 4.34. The number of rotatable bonds is 5. The lowest BCUT2D eigenvalue weighted by atomic mass is 10.1. The van der Waals surface area contributed by atoms with Crippen LogP contribution in [0, 0.1) is 6.92 Å². The summed E-state index contributed by atoms with van der Waals surface area (Å²) in [5, 5.41) is 6.97. The number of thiazole rings is 1. The number of aromatic nitrogens is 4. The second-order valence-corrected chi connectivity index (χ2v) is 8.13. The van der Waals surface area contributed by atoms with Gasteiger partial charge in [0.1, 0.15) is 0 Å².